The molecular weight excluding hydrogens is 386 g/mol. The summed E-state index contributed by atoms with van der Waals surface area (Å²) in [5.74, 6) is -0.312. The number of amides is 1. The number of rotatable bonds is 8. The maximum atomic E-state index is 12.9. The third-order valence-electron chi connectivity index (χ3n) is 4.99. The summed E-state index contributed by atoms with van der Waals surface area (Å²) in [6, 6.07) is 12.5. The smallest absolute Gasteiger partial charge is 0.244 e. The summed E-state index contributed by atoms with van der Waals surface area (Å²) in [7, 11) is 0.300. The second-order valence-electron chi connectivity index (χ2n) is 7.53. The Balaban J connectivity index is 2.22. The lowest BCUT2D eigenvalue weighted by Crippen LogP contribution is -2.49. The molecule has 158 valence electrons. The number of carbonyl (C=O) groups is 1. The summed E-state index contributed by atoms with van der Waals surface area (Å²) >= 11 is 0. The van der Waals surface area contributed by atoms with Gasteiger partial charge in [0.25, 0.3) is 0 Å². The number of hydrogen-bond acceptors (Lipinski definition) is 4. The fraction of sp³-hybridized carbons (Fsp3) is 0.409. The van der Waals surface area contributed by atoms with Crippen LogP contribution in [-0.2, 0) is 21.4 Å². The van der Waals surface area contributed by atoms with Crippen LogP contribution < -0.4 is 14.5 Å². The summed E-state index contributed by atoms with van der Waals surface area (Å²) in [5, 5.41) is 2.89. The average molecular weight is 418 g/mol. The standard InChI is InChI=1S/C22H31N3O3S/c1-7-21(22(26)23-15-18-9-12-19(13-10-18)24(4)5)25(29(6,27)28)20-11-8-16(2)17(3)14-20/h8-14,21H,7,15H2,1-6H3,(H,23,26). The molecule has 0 bridgehead atoms. The number of aryl methyl sites for hydroxylation is 2. The van der Waals surface area contributed by atoms with Crippen LogP contribution in [0.15, 0.2) is 42.5 Å². The van der Waals surface area contributed by atoms with Crippen molar-refractivity contribution in [2.24, 2.45) is 0 Å². The second kappa shape index (κ2) is 9.31. The van der Waals surface area contributed by atoms with E-state index in [1.165, 1.54) is 4.31 Å². The number of sulfonamides is 1. The van der Waals surface area contributed by atoms with Gasteiger partial charge < -0.3 is 10.2 Å². The van der Waals surface area contributed by atoms with Crippen LogP contribution in [0.1, 0.15) is 30.0 Å². The van der Waals surface area contributed by atoms with E-state index in [2.05, 4.69) is 5.32 Å². The summed E-state index contributed by atoms with van der Waals surface area (Å²) in [6.07, 6.45) is 1.50. The summed E-state index contributed by atoms with van der Waals surface area (Å²) in [6.45, 7) is 6.05. The molecule has 0 saturated carbocycles. The lowest BCUT2D eigenvalue weighted by Gasteiger charge is -2.30. The minimum absolute atomic E-state index is 0.312. The maximum absolute atomic E-state index is 12.9. The van der Waals surface area contributed by atoms with Gasteiger partial charge in [0, 0.05) is 26.3 Å². The van der Waals surface area contributed by atoms with E-state index in [1.54, 1.807) is 6.07 Å². The molecule has 0 aliphatic rings. The van der Waals surface area contributed by atoms with Gasteiger partial charge in [-0.2, -0.15) is 0 Å². The molecule has 1 N–H and O–H groups in total. The maximum Gasteiger partial charge on any atom is 0.244 e. The van der Waals surface area contributed by atoms with Crippen molar-refractivity contribution in [1.82, 2.24) is 5.32 Å². The van der Waals surface area contributed by atoms with Crippen LogP contribution in [0.25, 0.3) is 0 Å². The van der Waals surface area contributed by atoms with Crippen molar-refractivity contribution in [2.45, 2.75) is 39.8 Å². The molecule has 0 spiro atoms. The third-order valence-corrected chi connectivity index (χ3v) is 6.17. The highest BCUT2D eigenvalue weighted by Gasteiger charge is 2.31. The van der Waals surface area contributed by atoms with Crippen LogP contribution in [0.5, 0.6) is 0 Å². The Hall–Kier alpha value is -2.54. The Kier molecular flexibility index (Phi) is 7.30. The Morgan fingerprint density at radius 1 is 1.00 bits per heavy atom. The predicted molar refractivity (Wildman–Crippen MR) is 120 cm³/mol. The first-order valence-electron chi connectivity index (χ1n) is 9.65. The Morgan fingerprint density at radius 3 is 2.07 bits per heavy atom. The topological polar surface area (TPSA) is 69.7 Å². The van der Waals surface area contributed by atoms with Gasteiger partial charge >= 0.3 is 0 Å². The molecule has 6 nitrogen and oxygen atoms in total. The third kappa shape index (κ3) is 5.73. The first kappa shape index (κ1) is 22.7. The van der Waals surface area contributed by atoms with E-state index >= 15 is 0 Å². The zero-order chi connectivity index (χ0) is 21.8. The molecule has 1 atom stereocenters. The van der Waals surface area contributed by atoms with E-state index < -0.39 is 16.1 Å². The van der Waals surface area contributed by atoms with Crippen molar-refractivity contribution in [3.8, 4) is 0 Å². The van der Waals surface area contributed by atoms with Crippen LogP contribution >= 0.6 is 0 Å². The Bertz CT molecular complexity index is 954. The van der Waals surface area contributed by atoms with Gasteiger partial charge in [0.05, 0.1) is 11.9 Å². The molecule has 2 aromatic carbocycles. The zero-order valence-electron chi connectivity index (χ0n) is 18.1. The number of anilines is 2. The molecule has 29 heavy (non-hydrogen) atoms. The molecule has 2 aromatic rings. The molecular formula is C22H31N3O3S. The highest BCUT2D eigenvalue weighted by molar-refractivity contribution is 7.92. The van der Waals surface area contributed by atoms with Crippen molar-refractivity contribution in [2.75, 3.05) is 29.6 Å². The van der Waals surface area contributed by atoms with Crippen molar-refractivity contribution in [1.29, 1.82) is 0 Å². The molecule has 0 fully saturated rings. The van der Waals surface area contributed by atoms with E-state index in [4.69, 9.17) is 0 Å². The van der Waals surface area contributed by atoms with Crippen molar-refractivity contribution >= 4 is 27.3 Å². The minimum atomic E-state index is -3.64. The van der Waals surface area contributed by atoms with E-state index in [1.807, 2.05) is 76.2 Å². The minimum Gasteiger partial charge on any atom is -0.378 e. The van der Waals surface area contributed by atoms with E-state index in [-0.39, 0.29) is 5.91 Å². The number of hydrogen-bond donors (Lipinski definition) is 1. The van der Waals surface area contributed by atoms with Crippen molar-refractivity contribution in [3.05, 3.63) is 59.2 Å². The normalized spacial score (nSPS) is 12.3. The summed E-state index contributed by atoms with van der Waals surface area (Å²) < 4.78 is 26.3. The van der Waals surface area contributed by atoms with Gasteiger partial charge in [0.1, 0.15) is 6.04 Å². The van der Waals surface area contributed by atoms with E-state index in [0.29, 0.717) is 18.7 Å². The lowest BCUT2D eigenvalue weighted by molar-refractivity contribution is -0.122. The Labute approximate surface area is 174 Å². The van der Waals surface area contributed by atoms with Crippen LogP contribution in [0.3, 0.4) is 0 Å². The first-order chi connectivity index (χ1) is 13.5. The average Bonchev–Trinajstić information content (AvgIpc) is 2.65. The lowest BCUT2D eigenvalue weighted by atomic mass is 10.1. The molecule has 0 heterocycles. The molecule has 0 aromatic heterocycles. The quantitative estimate of drug-likeness (QED) is 0.716. The molecule has 7 heteroatoms. The fourth-order valence-corrected chi connectivity index (χ4v) is 4.35. The molecule has 0 aliphatic heterocycles. The highest BCUT2D eigenvalue weighted by atomic mass is 32.2. The molecule has 0 aliphatic carbocycles. The number of carbonyl (C=O) groups excluding carboxylic acids is 1. The fourth-order valence-electron chi connectivity index (χ4n) is 3.14. The van der Waals surface area contributed by atoms with Gasteiger partial charge in [-0.1, -0.05) is 25.1 Å². The molecule has 1 amide bonds. The number of nitrogens with one attached hydrogen (secondary N) is 1. The van der Waals surface area contributed by atoms with Gasteiger partial charge in [-0.3, -0.25) is 9.10 Å². The van der Waals surface area contributed by atoms with Crippen LogP contribution in [-0.4, -0.2) is 40.7 Å². The molecule has 1 unspecified atom stereocenters. The monoisotopic (exact) mass is 417 g/mol. The van der Waals surface area contributed by atoms with Gasteiger partial charge in [0.2, 0.25) is 15.9 Å². The van der Waals surface area contributed by atoms with Gasteiger partial charge in [0.15, 0.2) is 0 Å². The largest absolute Gasteiger partial charge is 0.378 e. The van der Waals surface area contributed by atoms with Gasteiger partial charge in [-0.15, -0.1) is 0 Å². The van der Waals surface area contributed by atoms with E-state index in [0.717, 1.165) is 28.6 Å². The van der Waals surface area contributed by atoms with Crippen molar-refractivity contribution in [3.63, 3.8) is 0 Å². The Morgan fingerprint density at radius 2 is 1.59 bits per heavy atom. The zero-order valence-corrected chi connectivity index (χ0v) is 18.9. The summed E-state index contributed by atoms with van der Waals surface area (Å²) in [5.41, 5.74) is 4.58. The molecule has 0 radical (unpaired) electrons. The SMILES string of the molecule is CCC(C(=O)NCc1ccc(N(C)C)cc1)N(c1ccc(C)c(C)c1)S(C)(=O)=O. The van der Waals surface area contributed by atoms with Crippen molar-refractivity contribution < 1.29 is 13.2 Å². The highest BCUT2D eigenvalue weighted by Crippen LogP contribution is 2.25. The summed E-state index contributed by atoms with van der Waals surface area (Å²) in [4.78, 5) is 14.9. The van der Waals surface area contributed by atoms with E-state index in [9.17, 15) is 13.2 Å². The molecule has 0 saturated heterocycles. The second-order valence-corrected chi connectivity index (χ2v) is 9.39. The van der Waals surface area contributed by atoms with Gasteiger partial charge in [-0.25, -0.2) is 8.42 Å². The van der Waals surface area contributed by atoms with Gasteiger partial charge in [-0.05, 0) is 61.2 Å². The predicted octanol–water partition coefficient (Wildman–Crippen LogP) is 3.23. The van der Waals surface area contributed by atoms with Crippen LogP contribution in [0, 0.1) is 13.8 Å². The van der Waals surface area contributed by atoms with Crippen LogP contribution in [0.2, 0.25) is 0 Å². The number of benzene rings is 2. The molecule has 2 rings (SSSR count). The van der Waals surface area contributed by atoms with Crippen LogP contribution in [0.4, 0.5) is 11.4 Å². The first-order valence-corrected chi connectivity index (χ1v) is 11.5. The number of nitrogens with zero attached hydrogens (tertiary/aromatic N) is 2.